The van der Waals surface area contributed by atoms with Gasteiger partial charge in [-0.25, -0.2) is 0 Å². The van der Waals surface area contributed by atoms with Crippen LogP contribution in [-0.4, -0.2) is 76.0 Å². The number of carbonyl (C=O) groups excluding carboxylic acids is 1. The first-order valence-corrected chi connectivity index (χ1v) is 18.5. The largest absolute Gasteiger partial charge is 0.459 e. The molecule has 48 heavy (non-hydrogen) atoms. The van der Waals surface area contributed by atoms with E-state index in [1.54, 1.807) is 36.8 Å². The van der Waals surface area contributed by atoms with E-state index in [0.29, 0.717) is 50.0 Å². The van der Waals surface area contributed by atoms with Crippen molar-refractivity contribution in [1.82, 2.24) is 4.90 Å². The van der Waals surface area contributed by atoms with Crippen LogP contribution in [0.2, 0.25) is 0 Å². The van der Waals surface area contributed by atoms with Crippen molar-refractivity contribution in [2.24, 2.45) is 44.8 Å². The highest BCUT2D eigenvalue weighted by Gasteiger charge is 2.85. The topological polar surface area (TPSA) is 122 Å². The van der Waals surface area contributed by atoms with Crippen molar-refractivity contribution in [1.29, 1.82) is 0 Å². The highest BCUT2D eigenvalue weighted by atomic mass is 16.7. The fourth-order valence-electron chi connectivity index (χ4n) is 12.9. The van der Waals surface area contributed by atoms with Gasteiger partial charge in [-0.05, 0) is 117 Å². The lowest BCUT2D eigenvalue weighted by molar-refractivity contribution is -0.239. The molecule has 2 saturated heterocycles. The van der Waals surface area contributed by atoms with Crippen LogP contribution in [0.1, 0.15) is 110 Å². The van der Waals surface area contributed by atoms with Gasteiger partial charge < -0.3 is 38.8 Å². The Labute approximate surface area is 286 Å². The molecular formula is C39H56NO8. The fourth-order valence-corrected chi connectivity index (χ4v) is 12.9. The lowest BCUT2D eigenvalue weighted by Crippen LogP contribution is -2.59. The van der Waals surface area contributed by atoms with Gasteiger partial charge in [-0.2, -0.15) is 0 Å². The standard InChI is InChI=1S/C39H56NO8/c1-22-19-24(31(41)35(4,5)44)47-30-29(22)36(6)14-15-39-21-38(39)13-12-27(34(2,3)25(38)10-11-26(39)37(36,7)32(30)42)48-28-20-40(16-18-46-28)33(43)23-9-8-17-45-23/h8-9,17,22,25,27-29,31-32,41-42,44H,10-16,18-21H2,1-7H3/t22-,25+,27?,28+,29+,31+,32+,36-,37-,38-,39+/m1/s1. The van der Waals surface area contributed by atoms with Crippen LogP contribution < -0.4 is 0 Å². The average Bonchev–Trinajstić information content (AvgIpc) is 3.29. The maximum Gasteiger partial charge on any atom is 0.289 e. The molecule has 7 fully saturated rings. The van der Waals surface area contributed by atoms with Crippen LogP contribution >= 0.6 is 0 Å². The Kier molecular flexibility index (Phi) is 7.55. The molecule has 2 spiro atoms. The van der Waals surface area contributed by atoms with Gasteiger partial charge in [0.25, 0.3) is 5.91 Å². The molecule has 1 aromatic rings. The van der Waals surface area contributed by atoms with Crippen LogP contribution in [0, 0.1) is 63.0 Å². The van der Waals surface area contributed by atoms with E-state index in [2.05, 4.69) is 34.6 Å². The summed E-state index contributed by atoms with van der Waals surface area (Å²) in [6, 6.07) is 3.44. The third-order valence-electron chi connectivity index (χ3n) is 15.3. The number of hydrogen-bond acceptors (Lipinski definition) is 8. The van der Waals surface area contributed by atoms with Gasteiger partial charge in [-0.15, -0.1) is 0 Å². The average molecular weight is 667 g/mol. The lowest BCUT2D eigenvalue weighted by Gasteiger charge is -2.63. The van der Waals surface area contributed by atoms with Crippen LogP contribution in [0.5, 0.6) is 0 Å². The molecule has 0 bridgehead atoms. The monoisotopic (exact) mass is 666 g/mol. The molecule has 8 rings (SSSR count). The third kappa shape index (κ3) is 4.33. The van der Waals surface area contributed by atoms with Gasteiger partial charge in [0.1, 0.15) is 18.3 Å². The molecule has 9 heteroatoms. The number of furan rings is 1. The Morgan fingerprint density at radius 1 is 1.15 bits per heavy atom. The molecule has 265 valence electrons. The highest BCUT2D eigenvalue weighted by Crippen LogP contribution is 2.90. The van der Waals surface area contributed by atoms with E-state index >= 15 is 0 Å². The Morgan fingerprint density at radius 2 is 1.92 bits per heavy atom. The first kappa shape index (κ1) is 33.6. The minimum atomic E-state index is -1.32. The Hall–Kier alpha value is -1.49. The first-order chi connectivity index (χ1) is 22.5. The van der Waals surface area contributed by atoms with Crippen LogP contribution in [0.4, 0.5) is 0 Å². The zero-order valence-corrected chi connectivity index (χ0v) is 29.9. The molecule has 2 aliphatic heterocycles. The molecule has 3 radical (unpaired) electrons. The minimum Gasteiger partial charge on any atom is -0.459 e. The fraction of sp³-hybridized carbons (Fsp3) is 0.795. The highest BCUT2D eigenvalue weighted by molar-refractivity contribution is 5.91. The van der Waals surface area contributed by atoms with Crippen molar-refractivity contribution >= 4 is 5.91 Å². The van der Waals surface area contributed by atoms with Gasteiger partial charge in [0.15, 0.2) is 12.1 Å². The van der Waals surface area contributed by atoms with Crippen LogP contribution in [0.15, 0.2) is 22.8 Å². The van der Waals surface area contributed by atoms with Gasteiger partial charge in [-0.1, -0.05) is 34.6 Å². The Balaban J connectivity index is 1.01. The van der Waals surface area contributed by atoms with Crippen molar-refractivity contribution in [3.8, 4) is 0 Å². The van der Waals surface area contributed by atoms with E-state index in [4.69, 9.17) is 18.6 Å². The van der Waals surface area contributed by atoms with Gasteiger partial charge in [0.05, 0.1) is 37.2 Å². The number of morpholine rings is 1. The van der Waals surface area contributed by atoms with Crippen LogP contribution in [0.3, 0.4) is 0 Å². The molecule has 0 aromatic carbocycles. The molecule has 1 amide bonds. The predicted octanol–water partition coefficient (Wildman–Crippen LogP) is 5.69. The zero-order valence-electron chi connectivity index (χ0n) is 29.9. The third-order valence-corrected chi connectivity index (χ3v) is 15.3. The summed E-state index contributed by atoms with van der Waals surface area (Å²) >= 11 is 0. The SMILES string of the molecule is C[C@@H]1C[C]([C@H](O)C(C)(C)O)O[C]2[C@H]1[C@@]1(C)CC[C@@]34C[C@@]35CCC(O[C@H]3CN(C(=O)c6ccco6)CCO3)C(C)(C)[C@@H]5CC[C]4[C@]1(C)[C@H]2O. The second-order valence-electron chi connectivity index (χ2n) is 18.2. The van der Waals surface area contributed by atoms with Gasteiger partial charge in [0, 0.05) is 17.9 Å². The number of hydrogen-bond donors (Lipinski definition) is 3. The number of carbonyl (C=O) groups is 1. The minimum absolute atomic E-state index is 0.0290. The zero-order chi connectivity index (χ0) is 34.2. The normalized spacial score (nSPS) is 46.6. The predicted molar refractivity (Wildman–Crippen MR) is 176 cm³/mol. The molecule has 5 saturated carbocycles. The summed E-state index contributed by atoms with van der Waals surface area (Å²) in [6.45, 7) is 16.3. The summed E-state index contributed by atoms with van der Waals surface area (Å²) < 4.78 is 24.7. The quantitative estimate of drug-likeness (QED) is 0.367. The maximum absolute atomic E-state index is 13.0. The number of nitrogens with zero attached hydrogens (tertiary/aromatic N) is 1. The lowest BCUT2D eigenvalue weighted by atomic mass is 9.41. The molecule has 7 aliphatic rings. The number of rotatable bonds is 5. The number of aliphatic hydroxyl groups excluding tert-OH is 2. The van der Waals surface area contributed by atoms with Crippen molar-refractivity contribution in [3.05, 3.63) is 42.3 Å². The number of ether oxygens (including phenoxy) is 3. The summed E-state index contributed by atoms with van der Waals surface area (Å²) in [5.41, 5.74) is -1.62. The molecule has 1 aromatic heterocycles. The summed E-state index contributed by atoms with van der Waals surface area (Å²) in [7, 11) is 0. The second-order valence-corrected chi connectivity index (χ2v) is 18.2. The van der Waals surface area contributed by atoms with E-state index in [9.17, 15) is 20.1 Å². The number of amides is 1. The second kappa shape index (κ2) is 10.8. The molecule has 3 N–H and O–H groups in total. The van der Waals surface area contributed by atoms with Gasteiger partial charge in [-0.3, -0.25) is 4.79 Å². The van der Waals surface area contributed by atoms with Crippen molar-refractivity contribution in [2.45, 2.75) is 130 Å². The summed E-state index contributed by atoms with van der Waals surface area (Å²) in [5.74, 6) is 2.57. The van der Waals surface area contributed by atoms with Crippen molar-refractivity contribution in [3.63, 3.8) is 0 Å². The molecule has 11 atom stereocenters. The van der Waals surface area contributed by atoms with Crippen molar-refractivity contribution in [2.75, 3.05) is 19.7 Å². The molecule has 5 aliphatic carbocycles. The smallest absolute Gasteiger partial charge is 0.289 e. The van der Waals surface area contributed by atoms with Crippen LogP contribution in [-0.2, 0) is 14.2 Å². The molecular weight excluding hydrogens is 610 g/mol. The van der Waals surface area contributed by atoms with E-state index in [1.807, 2.05) is 0 Å². The Morgan fingerprint density at radius 3 is 2.62 bits per heavy atom. The summed E-state index contributed by atoms with van der Waals surface area (Å²) in [4.78, 5) is 14.8. The molecule has 3 heterocycles. The van der Waals surface area contributed by atoms with Gasteiger partial charge >= 0.3 is 0 Å². The van der Waals surface area contributed by atoms with Gasteiger partial charge in [0.2, 0.25) is 0 Å². The van der Waals surface area contributed by atoms with E-state index in [1.165, 1.54) is 12.7 Å². The van der Waals surface area contributed by atoms with E-state index in [0.717, 1.165) is 38.5 Å². The summed E-state index contributed by atoms with van der Waals surface area (Å²) in [6.07, 6.45) is 8.51. The maximum atomic E-state index is 13.0. The van der Waals surface area contributed by atoms with Crippen LogP contribution in [0.25, 0.3) is 0 Å². The van der Waals surface area contributed by atoms with Crippen molar-refractivity contribution < 1.29 is 38.7 Å². The van der Waals surface area contributed by atoms with E-state index in [-0.39, 0.29) is 45.5 Å². The Bertz CT molecular complexity index is 1410. The van der Waals surface area contributed by atoms with E-state index < -0.39 is 29.5 Å². The molecule has 9 nitrogen and oxygen atoms in total. The summed E-state index contributed by atoms with van der Waals surface area (Å²) in [5, 5.41) is 34.0. The number of aliphatic hydroxyl groups is 3. The first-order valence-electron chi connectivity index (χ1n) is 18.5. The molecule has 1 unspecified atom stereocenters. The number of fused-ring (bicyclic) bond motifs is 4.